The van der Waals surface area contributed by atoms with Gasteiger partial charge in [0.2, 0.25) is 0 Å². The Balaban J connectivity index is 0. The second-order valence-electron chi connectivity index (χ2n) is 2.47. The van der Waals surface area contributed by atoms with Gasteiger partial charge in [0.25, 0.3) is 0 Å². The largest absolute Gasteiger partial charge is 0.480 e. The highest BCUT2D eigenvalue weighted by molar-refractivity contribution is 7.59. The van der Waals surface area contributed by atoms with Gasteiger partial charge in [-0.3, -0.25) is 4.79 Å². The molecule has 4 N–H and O–H groups in total. The molecule has 0 aromatic rings. The minimum atomic E-state index is -1.34. The lowest BCUT2D eigenvalue weighted by Crippen LogP contribution is -2.48. The molecule has 5 heteroatoms. The van der Waals surface area contributed by atoms with Crippen molar-refractivity contribution in [2.24, 2.45) is 5.73 Å². The first-order valence-corrected chi connectivity index (χ1v) is 2.56. The van der Waals surface area contributed by atoms with Gasteiger partial charge in [0.15, 0.2) is 0 Å². The van der Waals surface area contributed by atoms with Crippen LogP contribution < -0.4 is 5.73 Å². The topological polar surface area (TPSA) is 83.5 Å². The smallest absolute Gasteiger partial charge is 0.323 e. The van der Waals surface area contributed by atoms with Gasteiger partial charge >= 0.3 is 5.97 Å². The Kier molecular flexibility index (Phi) is 4.72. The summed E-state index contributed by atoms with van der Waals surface area (Å²) < 4.78 is 0. The predicted octanol–water partition coefficient (Wildman–Crippen LogP) is -0.718. The molecule has 1 atom stereocenters. The van der Waals surface area contributed by atoms with Gasteiger partial charge in [-0.15, -0.1) is 0 Å². The average molecular weight is 167 g/mol. The van der Waals surface area contributed by atoms with Crippen molar-refractivity contribution < 1.29 is 15.0 Å². The van der Waals surface area contributed by atoms with Crippen LogP contribution in [-0.4, -0.2) is 27.8 Å². The average Bonchev–Trinajstić information content (AvgIpc) is 1.62. The third kappa shape index (κ3) is 3.71. The van der Waals surface area contributed by atoms with Crippen molar-refractivity contribution in [3.05, 3.63) is 0 Å². The maximum Gasteiger partial charge on any atom is 0.323 e. The first-order chi connectivity index (χ1) is 3.85. The third-order valence-corrected chi connectivity index (χ3v) is 1.03. The second kappa shape index (κ2) is 3.80. The zero-order chi connectivity index (χ0) is 7.65. The summed E-state index contributed by atoms with van der Waals surface area (Å²) >= 11 is 0. The van der Waals surface area contributed by atoms with Crippen molar-refractivity contribution in [3.8, 4) is 0 Å². The standard InChI is InChI=1S/C5H11NO3.H2S/c1-5(2,9)3(6)4(7)8;/h3,9H,6H2,1-2H3,(H,7,8);1H2/t3-;/m1./s1. The summed E-state index contributed by atoms with van der Waals surface area (Å²) in [5.74, 6) is -1.19. The Morgan fingerprint density at radius 2 is 1.90 bits per heavy atom. The number of carboxylic acid groups (broad SMARTS) is 1. The molecule has 0 aliphatic carbocycles. The Hall–Kier alpha value is -0.260. The van der Waals surface area contributed by atoms with Gasteiger partial charge in [-0.1, -0.05) is 0 Å². The van der Waals surface area contributed by atoms with E-state index in [1.165, 1.54) is 13.8 Å². The van der Waals surface area contributed by atoms with Crippen molar-refractivity contribution in [2.45, 2.75) is 25.5 Å². The SMILES string of the molecule is CC(C)(O)[C@H](N)C(=O)O.S. The molecule has 0 amide bonds. The van der Waals surface area contributed by atoms with Crippen molar-refractivity contribution in [3.63, 3.8) is 0 Å². The fraction of sp³-hybridized carbons (Fsp3) is 0.800. The summed E-state index contributed by atoms with van der Waals surface area (Å²) in [4.78, 5) is 10.1. The minimum Gasteiger partial charge on any atom is -0.480 e. The molecule has 0 bridgehead atoms. The van der Waals surface area contributed by atoms with Gasteiger partial charge in [0, 0.05) is 0 Å². The summed E-state index contributed by atoms with van der Waals surface area (Å²) in [6, 6.07) is -1.21. The molecule has 62 valence electrons. The molecule has 0 rings (SSSR count). The number of aliphatic hydroxyl groups is 1. The van der Waals surface area contributed by atoms with Crippen molar-refractivity contribution in [1.29, 1.82) is 0 Å². The number of carbonyl (C=O) groups is 1. The van der Waals surface area contributed by atoms with E-state index in [0.29, 0.717) is 0 Å². The molecule has 0 aromatic carbocycles. The summed E-state index contributed by atoms with van der Waals surface area (Å²) in [6.45, 7) is 2.71. The molecule has 0 unspecified atom stereocenters. The van der Waals surface area contributed by atoms with E-state index in [-0.39, 0.29) is 13.5 Å². The van der Waals surface area contributed by atoms with E-state index in [4.69, 9.17) is 15.9 Å². The van der Waals surface area contributed by atoms with Crippen LogP contribution in [0.3, 0.4) is 0 Å². The third-order valence-electron chi connectivity index (χ3n) is 1.03. The molecule has 0 fully saturated rings. The van der Waals surface area contributed by atoms with Crippen molar-refractivity contribution >= 4 is 19.5 Å². The molecule has 0 saturated heterocycles. The number of carboxylic acids is 1. The number of aliphatic carboxylic acids is 1. The summed E-state index contributed by atoms with van der Waals surface area (Å²) in [6.07, 6.45) is 0. The van der Waals surface area contributed by atoms with Gasteiger partial charge in [0.1, 0.15) is 6.04 Å². The molecule has 4 nitrogen and oxygen atoms in total. The molecule has 0 saturated carbocycles. The van der Waals surface area contributed by atoms with Crippen molar-refractivity contribution in [1.82, 2.24) is 0 Å². The normalized spacial score (nSPS) is 13.6. The van der Waals surface area contributed by atoms with Crippen LogP contribution in [0, 0.1) is 0 Å². The van der Waals surface area contributed by atoms with Crippen LogP contribution in [0.4, 0.5) is 0 Å². The molecular formula is C5H13NO3S. The Morgan fingerprint density at radius 1 is 1.60 bits per heavy atom. The molecule has 0 heterocycles. The lowest BCUT2D eigenvalue weighted by molar-refractivity contribution is -0.143. The predicted molar refractivity (Wildman–Crippen MR) is 42.3 cm³/mol. The second-order valence-corrected chi connectivity index (χ2v) is 2.47. The zero-order valence-electron chi connectivity index (χ0n) is 5.96. The molecule has 0 aliphatic heterocycles. The van der Waals surface area contributed by atoms with Crippen LogP contribution in [-0.2, 0) is 4.79 Å². The summed E-state index contributed by atoms with van der Waals surface area (Å²) in [7, 11) is 0. The van der Waals surface area contributed by atoms with Crippen LogP contribution in [0.5, 0.6) is 0 Å². The highest BCUT2D eigenvalue weighted by Gasteiger charge is 2.28. The van der Waals surface area contributed by atoms with Gasteiger partial charge in [-0.2, -0.15) is 13.5 Å². The number of hydrogen-bond acceptors (Lipinski definition) is 3. The lowest BCUT2D eigenvalue weighted by atomic mass is 10.0. The highest BCUT2D eigenvalue weighted by atomic mass is 32.1. The molecule has 0 spiro atoms. The molecule has 0 radical (unpaired) electrons. The van der Waals surface area contributed by atoms with Crippen LogP contribution in [0.1, 0.15) is 13.8 Å². The van der Waals surface area contributed by atoms with Crippen LogP contribution >= 0.6 is 13.5 Å². The van der Waals surface area contributed by atoms with Crippen LogP contribution in [0.25, 0.3) is 0 Å². The summed E-state index contributed by atoms with van der Waals surface area (Å²) in [5, 5.41) is 17.2. The molecule has 10 heavy (non-hydrogen) atoms. The monoisotopic (exact) mass is 167 g/mol. The fourth-order valence-corrected chi connectivity index (χ4v) is 0.302. The molecule has 0 aliphatic rings. The lowest BCUT2D eigenvalue weighted by Gasteiger charge is -2.20. The first kappa shape index (κ1) is 12.4. The molecule has 0 aromatic heterocycles. The Morgan fingerprint density at radius 3 is 1.90 bits per heavy atom. The Bertz CT molecular complexity index is 121. The maximum absolute atomic E-state index is 10.1. The maximum atomic E-state index is 10.1. The van der Waals surface area contributed by atoms with E-state index in [9.17, 15) is 4.79 Å². The van der Waals surface area contributed by atoms with E-state index in [1.54, 1.807) is 0 Å². The van der Waals surface area contributed by atoms with E-state index < -0.39 is 17.6 Å². The quantitative estimate of drug-likeness (QED) is 0.507. The fourth-order valence-electron chi connectivity index (χ4n) is 0.302. The van der Waals surface area contributed by atoms with Gasteiger partial charge in [-0.05, 0) is 13.8 Å². The zero-order valence-corrected chi connectivity index (χ0v) is 6.96. The van der Waals surface area contributed by atoms with Crippen LogP contribution in [0.2, 0.25) is 0 Å². The van der Waals surface area contributed by atoms with E-state index in [0.717, 1.165) is 0 Å². The van der Waals surface area contributed by atoms with E-state index in [1.807, 2.05) is 0 Å². The number of nitrogens with two attached hydrogens (primary N) is 1. The van der Waals surface area contributed by atoms with Gasteiger partial charge < -0.3 is 15.9 Å². The van der Waals surface area contributed by atoms with Gasteiger partial charge in [0.05, 0.1) is 5.60 Å². The Labute approximate surface area is 66.5 Å². The summed E-state index contributed by atoms with van der Waals surface area (Å²) in [5.41, 5.74) is 3.70. The highest BCUT2D eigenvalue weighted by Crippen LogP contribution is 2.04. The number of hydrogen-bond donors (Lipinski definition) is 3. The van der Waals surface area contributed by atoms with Gasteiger partial charge in [-0.25, -0.2) is 0 Å². The van der Waals surface area contributed by atoms with E-state index >= 15 is 0 Å². The minimum absolute atomic E-state index is 0. The van der Waals surface area contributed by atoms with Crippen molar-refractivity contribution in [2.75, 3.05) is 0 Å². The molecular weight excluding hydrogens is 154 g/mol. The first-order valence-electron chi connectivity index (χ1n) is 2.56. The van der Waals surface area contributed by atoms with E-state index in [2.05, 4.69) is 0 Å². The number of rotatable bonds is 2. The van der Waals surface area contributed by atoms with Crippen LogP contribution in [0.15, 0.2) is 0 Å².